The van der Waals surface area contributed by atoms with E-state index in [0.29, 0.717) is 0 Å². The molecule has 0 saturated carbocycles. The Labute approximate surface area is 112 Å². The molecule has 2 aromatic rings. The van der Waals surface area contributed by atoms with Gasteiger partial charge in [0.1, 0.15) is 0 Å². The van der Waals surface area contributed by atoms with Crippen LogP contribution in [0.5, 0.6) is 0 Å². The number of imidazole rings is 1. The highest BCUT2D eigenvalue weighted by Crippen LogP contribution is 2.14. The van der Waals surface area contributed by atoms with Gasteiger partial charge in [-0.2, -0.15) is 0 Å². The summed E-state index contributed by atoms with van der Waals surface area (Å²) < 4.78 is 3.15. The second-order valence-corrected chi connectivity index (χ2v) is 5.93. The standard InChI is InChI=1S/C14H21N3O2/c1-10(18)9-16-11-7-5-6-8-12(11)17(13(16)19)15-14(2,3)4/h5-8,10,15,18H,9H2,1-4H3. The number of aromatic nitrogens is 2. The van der Waals surface area contributed by atoms with Crippen molar-refractivity contribution in [3.05, 3.63) is 34.7 Å². The van der Waals surface area contributed by atoms with Gasteiger partial charge in [-0.15, -0.1) is 0 Å². The molecule has 0 spiro atoms. The lowest BCUT2D eigenvalue weighted by molar-refractivity contribution is 0.173. The molecule has 1 atom stereocenters. The molecule has 1 aromatic heterocycles. The Bertz CT molecular complexity index is 632. The van der Waals surface area contributed by atoms with Gasteiger partial charge in [-0.05, 0) is 39.8 Å². The molecule has 5 nitrogen and oxygen atoms in total. The van der Waals surface area contributed by atoms with Crippen LogP contribution in [0.4, 0.5) is 0 Å². The average molecular weight is 263 g/mol. The highest BCUT2D eigenvalue weighted by molar-refractivity contribution is 5.76. The predicted octanol–water partition coefficient (Wildman–Crippen LogP) is 1.53. The van der Waals surface area contributed by atoms with Gasteiger partial charge < -0.3 is 10.5 Å². The topological polar surface area (TPSA) is 59.2 Å². The van der Waals surface area contributed by atoms with E-state index >= 15 is 0 Å². The van der Waals surface area contributed by atoms with Crippen molar-refractivity contribution in [2.75, 3.05) is 5.43 Å². The minimum atomic E-state index is -0.563. The van der Waals surface area contributed by atoms with Crippen molar-refractivity contribution in [2.45, 2.75) is 45.9 Å². The summed E-state index contributed by atoms with van der Waals surface area (Å²) in [5.41, 5.74) is 4.46. The summed E-state index contributed by atoms with van der Waals surface area (Å²) >= 11 is 0. The lowest BCUT2D eigenvalue weighted by atomic mass is 10.1. The summed E-state index contributed by atoms with van der Waals surface area (Å²) in [6.45, 7) is 7.97. The third-order valence-corrected chi connectivity index (χ3v) is 2.73. The van der Waals surface area contributed by atoms with Crippen molar-refractivity contribution in [3.8, 4) is 0 Å². The molecule has 0 bridgehead atoms. The van der Waals surface area contributed by atoms with Gasteiger partial charge in [0.2, 0.25) is 0 Å². The summed E-state index contributed by atoms with van der Waals surface area (Å²) in [5, 5.41) is 9.54. The number of para-hydroxylation sites is 2. The van der Waals surface area contributed by atoms with E-state index < -0.39 is 6.10 Å². The van der Waals surface area contributed by atoms with Crippen LogP contribution in [0.3, 0.4) is 0 Å². The Kier molecular flexibility index (Phi) is 3.41. The molecule has 0 aliphatic heterocycles. The van der Waals surface area contributed by atoms with Crippen molar-refractivity contribution in [1.82, 2.24) is 9.24 Å². The van der Waals surface area contributed by atoms with E-state index in [1.54, 1.807) is 16.2 Å². The number of aliphatic hydroxyl groups excluding tert-OH is 1. The molecule has 0 radical (unpaired) electrons. The highest BCUT2D eigenvalue weighted by atomic mass is 16.3. The molecule has 19 heavy (non-hydrogen) atoms. The number of fused-ring (bicyclic) bond motifs is 1. The van der Waals surface area contributed by atoms with Crippen molar-refractivity contribution in [2.24, 2.45) is 0 Å². The Balaban J connectivity index is 2.64. The van der Waals surface area contributed by atoms with E-state index in [0.717, 1.165) is 11.0 Å². The summed E-state index contributed by atoms with van der Waals surface area (Å²) in [5.74, 6) is 0. The van der Waals surface area contributed by atoms with Gasteiger partial charge in [0, 0.05) is 5.54 Å². The van der Waals surface area contributed by atoms with E-state index in [9.17, 15) is 9.90 Å². The summed E-state index contributed by atoms with van der Waals surface area (Å²) in [4.78, 5) is 12.5. The van der Waals surface area contributed by atoms with Gasteiger partial charge in [-0.25, -0.2) is 9.47 Å². The number of nitrogens with zero attached hydrogens (tertiary/aromatic N) is 2. The highest BCUT2D eigenvalue weighted by Gasteiger charge is 2.17. The molecule has 0 amide bonds. The second-order valence-electron chi connectivity index (χ2n) is 5.93. The normalized spacial score (nSPS) is 13.7. The SMILES string of the molecule is CC(O)Cn1c(=O)n(NC(C)(C)C)c2ccccc21. The van der Waals surface area contributed by atoms with Crippen LogP contribution in [0.2, 0.25) is 0 Å². The first-order valence-corrected chi connectivity index (χ1v) is 6.46. The molecule has 1 aromatic carbocycles. The van der Waals surface area contributed by atoms with Crippen LogP contribution in [-0.4, -0.2) is 26.0 Å². The molecule has 104 valence electrons. The molecule has 0 saturated heterocycles. The van der Waals surface area contributed by atoms with Gasteiger partial charge in [-0.3, -0.25) is 4.57 Å². The largest absolute Gasteiger partial charge is 0.392 e. The maximum atomic E-state index is 12.5. The third kappa shape index (κ3) is 2.81. The first-order valence-electron chi connectivity index (χ1n) is 6.46. The fourth-order valence-corrected chi connectivity index (χ4v) is 2.09. The zero-order valence-corrected chi connectivity index (χ0v) is 11.8. The summed E-state index contributed by atoms with van der Waals surface area (Å²) in [7, 11) is 0. The van der Waals surface area contributed by atoms with Gasteiger partial charge in [0.15, 0.2) is 0 Å². The van der Waals surface area contributed by atoms with Crippen LogP contribution in [0.25, 0.3) is 11.0 Å². The van der Waals surface area contributed by atoms with Gasteiger partial charge in [0.25, 0.3) is 0 Å². The molecule has 0 fully saturated rings. The van der Waals surface area contributed by atoms with Crippen molar-refractivity contribution in [3.63, 3.8) is 0 Å². The monoisotopic (exact) mass is 263 g/mol. The van der Waals surface area contributed by atoms with Gasteiger partial charge >= 0.3 is 5.69 Å². The molecule has 2 N–H and O–H groups in total. The smallest absolute Gasteiger partial charge is 0.347 e. The number of aliphatic hydroxyl groups is 1. The lowest BCUT2D eigenvalue weighted by Crippen LogP contribution is -2.41. The predicted molar refractivity (Wildman–Crippen MR) is 77.0 cm³/mol. The Morgan fingerprint density at radius 3 is 2.37 bits per heavy atom. The van der Waals surface area contributed by atoms with Gasteiger partial charge in [0.05, 0.1) is 23.7 Å². The van der Waals surface area contributed by atoms with Crippen LogP contribution in [0, 0.1) is 0 Å². The zero-order chi connectivity index (χ0) is 14.2. The number of hydrogen-bond acceptors (Lipinski definition) is 3. The van der Waals surface area contributed by atoms with E-state index in [-0.39, 0.29) is 17.8 Å². The molecular formula is C14H21N3O2. The van der Waals surface area contributed by atoms with Crippen molar-refractivity contribution < 1.29 is 5.11 Å². The zero-order valence-electron chi connectivity index (χ0n) is 11.8. The van der Waals surface area contributed by atoms with E-state index in [1.165, 1.54) is 0 Å². The van der Waals surface area contributed by atoms with Crippen LogP contribution in [0.1, 0.15) is 27.7 Å². The molecule has 1 unspecified atom stereocenters. The van der Waals surface area contributed by atoms with Crippen molar-refractivity contribution >= 4 is 11.0 Å². The first kappa shape index (κ1) is 13.7. The Morgan fingerprint density at radius 1 is 1.26 bits per heavy atom. The molecule has 1 heterocycles. The minimum absolute atomic E-state index is 0.156. The third-order valence-electron chi connectivity index (χ3n) is 2.73. The fourth-order valence-electron chi connectivity index (χ4n) is 2.09. The molecular weight excluding hydrogens is 242 g/mol. The van der Waals surface area contributed by atoms with E-state index in [1.807, 2.05) is 45.0 Å². The lowest BCUT2D eigenvalue weighted by Gasteiger charge is -2.22. The van der Waals surface area contributed by atoms with Crippen LogP contribution in [0.15, 0.2) is 29.1 Å². The second kappa shape index (κ2) is 4.74. The number of benzene rings is 1. The first-order chi connectivity index (χ1) is 8.79. The Hall–Kier alpha value is -1.75. The maximum absolute atomic E-state index is 12.5. The molecule has 5 heteroatoms. The maximum Gasteiger partial charge on any atom is 0.347 e. The van der Waals surface area contributed by atoms with Crippen LogP contribution >= 0.6 is 0 Å². The van der Waals surface area contributed by atoms with E-state index in [4.69, 9.17) is 0 Å². The quantitative estimate of drug-likeness (QED) is 0.883. The molecule has 0 aliphatic carbocycles. The minimum Gasteiger partial charge on any atom is -0.392 e. The summed E-state index contributed by atoms with van der Waals surface area (Å²) in [6, 6.07) is 7.57. The van der Waals surface area contributed by atoms with E-state index in [2.05, 4.69) is 5.43 Å². The number of nitrogens with one attached hydrogen (secondary N) is 1. The fraction of sp³-hybridized carbons (Fsp3) is 0.500. The molecule has 0 aliphatic rings. The Morgan fingerprint density at radius 2 is 1.84 bits per heavy atom. The van der Waals surface area contributed by atoms with Gasteiger partial charge in [-0.1, -0.05) is 12.1 Å². The average Bonchev–Trinajstić information content (AvgIpc) is 2.53. The number of rotatable bonds is 3. The van der Waals surface area contributed by atoms with Crippen molar-refractivity contribution in [1.29, 1.82) is 0 Å². The number of hydrogen-bond donors (Lipinski definition) is 2. The summed E-state index contributed by atoms with van der Waals surface area (Å²) in [6.07, 6.45) is -0.563. The van der Waals surface area contributed by atoms with Crippen LogP contribution < -0.4 is 11.1 Å². The van der Waals surface area contributed by atoms with Crippen LogP contribution in [-0.2, 0) is 6.54 Å². The molecule has 2 rings (SSSR count).